The van der Waals surface area contributed by atoms with E-state index in [1.165, 1.54) is 29.8 Å². The van der Waals surface area contributed by atoms with Crippen molar-refractivity contribution in [2.24, 2.45) is 23.2 Å². The number of fused-ring (bicyclic) bond motifs is 3. The Bertz CT molecular complexity index is 2760. The van der Waals surface area contributed by atoms with Crippen LogP contribution in [0.4, 0.5) is 0 Å². The molecule has 3 saturated carbocycles. The Hall–Kier alpha value is -5.26. The molecule has 4 fully saturated rings. The van der Waals surface area contributed by atoms with Crippen molar-refractivity contribution in [3.8, 4) is 23.0 Å². The van der Waals surface area contributed by atoms with E-state index >= 15 is 4.79 Å². The van der Waals surface area contributed by atoms with E-state index in [1.54, 1.807) is 16.4 Å². The first kappa shape index (κ1) is 44.9. The lowest BCUT2D eigenvalue weighted by Crippen LogP contribution is -2.48. The number of thiazole rings is 1. The van der Waals surface area contributed by atoms with E-state index in [4.69, 9.17) is 24.2 Å². The van der Waals surface area contributed by atoms with Gasteiger partial charge in [0.25, 0.3) is 0 Å². The molecule has 14 nitrogen and oxygen atoms in total. The molecule has 4 heterocycles. The summed E-state index contributed by atoms with van der Waals surface area (Å²) in [6, 6.07) is 14.5. The number of carbonyl (C=O) groups excluding carboxylic acids is 4. The number of nitrogens with one attached hydrogen (secondary N) is 1. The summed E-state index contributed by atoms with van der Waals surface area (Å²) in [6.45, 7) is 7.89. The molecule has 65 heavy (non-hydrogen) atoms. The first-order valence-corrected chi connectivity index (χ1v) is 25.7. The fraction of sp³-hybridized carbons (Fsp3) is 0.479. The highest BCUT2D eigenvalue weighted by molar-refractivity contribution is 7.90. The molecule has 0 unspecified atom stereocenters. The number of benzene rings is 2. The van der Waals surface area contributed by atoms with Gasteiger partial charge < -0.3 is 19.1 Å². The number of allylic oxidation sites excluding steroid dienone is 1. The second-order valence-electron chi connectivity index (χ2n) is 18.1. The van der Waals surface area contributed by atoms with Crippen LogP contribution in [-0.2, 0) is 35.6 Å². The Morgan fingerprint density at radius 2 is 1.75 bits per heavy atom. The van der Waals surface area contributed by atoms with Crippen molar-refractivity contribution >= 4 is 76.6 Å². The molecule has 5 atom stereocenters. The van der Waals surface area contributed by atoms with E-state index in [9.17, 15) is 22.8 Å². The third-order valence-electron chi connectivity index (χ3n) is 13.3. The van der Waals surface area contributed by atoms with Crippen LogP contribution in [0.3, 0.4) is 0 Å². The maximum Gasteiger partial charge on any atom is 0.357 e. The van der Waals surface area contributed by atoms with Crippen molar-refractivity contribution in [3.63, 3.8) is 0 Å². The summed E-state index contributed by atoms with van der Waals surface area (Å²) in [4.78, 5) is 72.7. The lowest BCUT2D eigenvalue weighted by Gasteiger charge is -2.34. The molecule has 3 aromatic heterocycles. The van der Waals surface area contributed by atoms with Crippen LogP contribution < -0.4 is 14.2 Å². The predicted octanol–water partition coefficient (Wildman–Crippen LogP) is 8.09. The molecule has 17 heteroatoms. The summed E-state index contributed by atoms with van der Waals surface area (Å²) >= 11 is 2.80. The van der Waals surface area contributed by atoms with Gasteiger partial charge in [0.2, 0.25) is 27.7 Å². The Labute approximate surface area is 386 Å². The predicted molar refractivity (Wildman–Crippen MR) is 248 cm³/mol. The van der Waals surface area contributed by atoms with Gasteiger partial charge in [-0.25, -0.2) is 23.2 Å². The van der Waals surface area contributed by atoms with Crippen molar-refractivity contribution in [3.05, 3.63) is 77.3 Å². The third-order valence-corrected chi connectivity index (χ3v) is 17.1. The molecule has 0 bridgehead atoms. The van der Waals surface area contributed by atoms with Crippen LogP contribution in [0, 0.1) is 23.2 Å². The second kappa shape index (κ2) is 18.2. The van der Waals surface area contributed by atoms with Gasteiger partial charge in [0.15, 0.2) is 17.3 Å². The molecule has 0 radical (unpaired) electrons. The minimum Gasteiger partial charge on any atom is -0.491 e. The van der Waals surface area contributed by atoms with E-state index in [2.05, 4.69) is 16.3 Å². The number of hydrogen-bond donors (Lipinski definition) is 1. The second-order valence-corrected chi connectivity index (χ2v) is 22.1. The topological polar surface area (TPSA) is 184 Å². The van der Waals surface area contributed by atoms with Crippen molar-refractivity contribution in [2.75, 3.05) is 13.7 Å². The minimum atomic E-state index is -3.88. The lowest BCUT2D eigenvalue weighted by molar-refractivity contribution is -0.143. The smallest absolute Gasteiger partial charge is 0.357 e. The number of carbonyl (C=O) groups is 4. The van der Waals surface area contributed by atoms with E-state index in [0.717, 1.165) is 58.0 Å². The van der Waals surface area contributed by atoms with Crippen LogP contribution in [0.2, 0.25) is 0 Å². The number of Topliss-reactive ketones (excluding diaryl/α,β-unsaturated/α-hetero) is 1. The van der Waals surface area contributed by atoms with Crippen LogP contribution in [-0.4, -0.2) is 89.0 Å². The molecule has 2 amide bonds. The summed E-state index contributed by atoms with van der Waals surface area (Å²) in [5.74, 6) is -1.30. The number of likely N-dealkylation sites (tertiary alicyclic amines) is 1. The zero-order valence-corrected chi connectivity index (χ0v) is 39.1. The van der Waals surface area contributed by atoms with Gasteiger partial charge >= 0.3 is 5.97 Å². The summed E-state index contributed by atoms with van der Waals surface area (Å²) < 4.78 is 47.6. The molecule has 1 N–H and O–H groups in total. The fourth-order valence-corrected chi connectivity index (χ4v) is 12.9. The van der Waals surface area contributed by atoms with E-state index in [1.807, 2.05) is 62.4 Å². The zero-order chi connectivity index (χ0) is 45.6. The number of methoxy groups -OCH3 is 1. The standard InChI is InChI=1S/C48H53N5O9S3/c1-5-30-23-48(30,47(57)52-65(58,59)33-19-20-33)24-38(54)37-21-32(25-53(37)45(55)35(28-11-7-6-8-12-28)22-40-49-36(26-63-40)46(56)60-4)62-44-42-41(34-13-9-10-14-39(34)64-42)50-43(51-44)29-15-17-31(18-16-29)61-27(2)3/h5,9-10,13-18,26-28,30,32-33,35,37H,1,6-8,11-12,19-25H2,2-4H3,(H,52,57)/t30-,32-,35+,37+,48-/m1/s1. The summed E-state index contributed by atoms with van der Waals surface area (Å²) in [5.41, 5.74) is 0.344. The number of ketones is 1. The number of esters is 1. The molecule has 342 valence electrons. The molecule has 5 aromatic rings. The Morgan fingerprint density at radius 1 is 1.00 bits per heavy atom. The monoisotopic (exact) mass is 939 g/mol. The van der Waals surface area contributed by atoms with Crippen LogP contribution in [0.15, 0.2) is 66.6 Å². The molecule has 2 aromatic carbocycles. The number of sulfonamides is 1. The minimum absolute atomic E-state index is 0.00256. The largest absolute Gasteiger partial charge is 0.491 e. The van der Waals surface area contributed by atoms with Crippen molar-refractivity contribution in [1.29, 1.82) is 0 Å². The number of hydrogen-bond acceptors (Lipinski definition) is 14. The molecular formula is C48H53N5O9S3. The van der Waals surface area contributed by atoms with Gasteiger partial charge in [-0.05, 0) is 88.1 Å². The number of nitrogens with zero attached hydrogens (tertiary/aromatic N) is 4. The van der Waals surface area contributed by atoms with Crippen LogP contribution >= 0.6 is 22.7 Å². The highest BCUT2D eigenvalue weighted by Crippen LogP contribution is 2.57. The Balaban J connectivity index is 1.07. The van der Waals surface area contributed by atoms with Gasteiger partial charge in [0, 0.05) is 46.2 Å². The maximum atomic E-state index is 15.3. The molecule has 4 aliphatic rings. The number of ether oxygens (including phenoxy) is 3. The average Bonchev–Trinajstić information content (AvgIpc) is 4.14. The quantitative estimate of drug-likeness (QED) is 0.0700. The van der Waals surface area contributed by atoms with Crippen molar-refractivity contribution in [2.45, 2.75) is 108 Å². The summed E-state index contributed by atoms with van der Waals surface area (Å²) in [7, 11) is -2.58. The van der Waals surface area contributed by atoms with Gasteiger partial charge in [0.05, 0.1) is 47.0 Å². The van der Waals surface area contributed by atoms with Gasteiger partial charge in [-0.15, -0.1) is 29.3 Å². The van der Waals surface area contributed by atoms with Crippen LogP contribution in [0.25, 0.3) is 31.7 Å². The lowest BCUT2D eigenvalue weighted by atomic mass is 9.77. The number of amides is 2. The van der Waals surface area contributed by atoms with E-state index in [0.29, 0.717) is 35.3 Å². The summed E-state index contributed by atoms with van der Waals surface area (Å²) in [5, 5.41) is 2.58. The molecule has 3 aliphatic carbocycles. The van der Waals surface area contributed by atoms with Crippen molar-refractivity contribution in [1.82, 2.24) is 24.6 Å². The van der Waals surface area contributed by atoms with Gasteiger partial charge in [-0.2, -0.15) is 4.98 Å². The average molecular weight is 940 g/mol. The maximum absolute atomic E-state index is 15.3. The first-order chi connectivity index (χ1) is 31.3. The highest BCUT2D eigenvalue weighted by atomic mass is 32.2. The molecular weight excluding hydrogens is 887 g/mol. The third kappa shape index (κ3) is 9.28. The van der Waals surface area contributed by atoms with E-state index in [-0.39, 0.29) is 61.6 Å². The summed E-state index contributed by atoms with van der Waals surface area (Å²) in [6.07, 6.45) is 6.93. The normalized spacial score (nSPS) is 22.8. The molecule has 1 aliphatic heterocycles. The molecule has 9 rings (SSSR count). The van der Waals surface area contributed by atoms with Gasteiger partial charge in [-0.1, -0.05) is 43.5 Å². The number of aromatic nitrogens is 3. The zero-order valence-electron chi connectivity index (χ0n) is 36.7. The van der Waals surface area contributed by atoms with Crippen LogP contribution in [0.1, 0.15) is 93.6 Å². The molecule has 1 saturated heterocycles. The van der Waals surface area contributed by atoms with Gasteiger partial charge in [0.1, 0.15) is 16.6 Å². The number of thiophene rings is 1. The van der Waals surface area contributed by atoms with Crippen molar-refractivity contribution < 1.29 is 41.8 Å². The fourth-order valence-electron chi connectivity index (χ4n) is 9.62. The Kier molecular flexibility index (Phi) is 12.6. The first-order valence-electron chi connectivity index (χ1n) is 22.4. The van der Waals surface area contributed by atoms with E-state index < -0.39 is 56.5 Å². The molecule has 0 spiro atoms. The highest BCUT2D eigenvalue weighted by Gasteiger charge is 2.61. The number of rotatable bonds is 17. The van der Waals surface area contributed by atoms with Gasteiger partial charge in [-0.3, -0.25) is 19.1 Å². The Morgan fingerprint density at radius 3 is 2.45 bits per heavy atom. The van der Waals surface area contributed by atoms with Crippen LogP contribution in [0.5, 0.6) is 11.6 Å². The SMILES string of the molecule is C=C[C@@H]1C[C@]1(CC(=O)[C@@H]1C[C@@H](Oc2nc(-c3ccc(OC(C)C)cc3)nc3c2sc2ccccc23)CN1C(=O)[C@@H](Cc1nc(C(=O)OC)cs1)C1CCCCC1)C(=O)NS(=O)(=O)C1CC1.